The zero-order valence-corrected chi connectivity index (χ0v) is 16.6. The molecule has 0 heterocycles. The maximum absolute atomic E-state index is 5.19. The van der Waals surface area contributed by atoms with Crippen molar-refractivity contribution in [3.63, 3.8) is 0 Å². The van der Waals surface area contributed by atoms with E-state index in [-0.39, 0.29) is 0 Å². The van der Waals surface area contributed by atoms with E-state index in [1.807, 2.05) is 24.3 Å². The van der Waals surface area contributed by atoms with Crippen molar-refractivity contribution in [3.05, 3.63) is 119 Å². The Kier molecular flexibility index (Phi) is 6.14. The highest BCUT2D eigenvalue weighted by Crippen LogP contribution is 2.25. The molecule has 0 spiro atoms. The minimum absolute atomic E-state index is 0.770. The Morgan fingerprint density at radius 3 is 1.75 bits per heavy atom. The van der Waals surface area contributed by atoms with Crippen LogP contribution < -0.4 is 4.74 Å². The van der Waals surface area contributed by atoms with Crippen molar-refractivity contribution in [2.45, 2.75) is 13.8 Å². The lowest BCUT2D eigenvalue weighted by molar-refractivity contribution is 0.415. The molecule has 3 aromatic carbocycles. The highest BCUT2D eigenvalue weighted by molar-refractivity contribution is 5.82. The lowest BCUT2D eigenvalue weighted by atomic mass is 9.94. The average molecular weight is 364 g/mol. The molecule has 0 saturated carbocycles. The monoisotopic (exact) mass is 364 g/mol. The molecule has 1 heteroatoms. The van der Waals surface area contributed by atoms with Gasteiger partial charge in [0.05, 0.1) is 7.11 Å². The van der Waals surface area contributed by atoms with Crippen molar-refractivity contribution in [2.24, 2.45) is 0 Å². The molecule has 0 aliphatic carbocycles. The minimum atomic E-state index is 0.770. The van der Waals surface area contributed by atoms with Crippen molar-refractivity contribution >= 4 is 5.57 Å². The molecule has 0 bridgehead atoms. The summed E-state index contributed by atoms with van der Waals surface area (Å²) in [7, 11) is 1.66. The highest BCUT2D eigenvalue weighted by Gasteiger charge is 2.05. The topological polar surface area (TPSA) is 9.23 Å². The van der Waals surface area contributed by atoms with E-state index in [1.54, 1.807) is 7.11 Å². The van der Waals surface area contributed by atoms with E-state index in [9.17, 15) is 0 Å². The van der Waals surface area contributed by atoms with Gasteiger partial charge in [0.1, 0.15) is 5.75 Å². The van der Waals surface area contributed by atoms with E-state index in [1.165, 1.54) is 11.1 Å². The molecule has 3 aromatic rings. The van der Waals surface area contributed by atoms with Gasteiger partial charge < -0.3 is 4.74 Å². The molecule has 28 heavy (non-hydrogen) atoms. The van der Waals surface area contributed by atoms with E-state index in [4.69, 9.17) is 4.74 Å². The van der Waals surface area contributed by atoms with Crippen LogP contribution in [0.1, 0.15) is 27.8 Å². The summed E-state index contributed by atoms with van der Waals surface area (Å²) in [6.07, 6.45) is 2.06. The van der Waals surface area contributed by atoms with Crippen LogP contribution in [-0.4, -0.2) is 7.11 Å². The van der Waals surface area contributed by atoms with Crippen molar-refractivity contribution < 1.29 is 4.74 Å². The number of ether oxygens (including phenoxy) is 1. The molecule has 0 amide bonds. The molecule has 0 radical (unpaired) electrons. The van der Waals surface area contributed by atoms with Gasteiger partial charge in [0, 0.05) is 11.1 Å². The van der Waals surface area contributed by atoms with Gasteiger partial charge in [-0.15, -0.1) is 0 Å². The second-order valence-corrected chi connectivity index (χ2v) is 6.79. The number of hydrogen-bond donors (Lipinski definition) is 0. The maximum Gasteiger partial charge on any atom is 0.118 e. The molecule has 0 aromatic heterocycles. The van der Waals surface area contributed by atoms with E-state index in [0.717, 1.165) is 33.6 Å². The fourth-order valence-electron chi connectivity index (χ4n) is 2.84. The Morgan fingerprint density at radius 2 is 1.29 bits per heavy atom. The van der Waals surface area contributed by atoms with E-state index in [0.29, 0.717) is 0 Å². The van der Waals surface area contributed by atoms with Crippen molar-refractivity contribution in [3.8, 4) is 17.6 Å². The third-order valence-electron chi connectivity index (χ3n) is 4.50. The fourth-order valence-corrected chi connectivity index (χ4v) is 2.84. The predicted molar refractivity (Wildman–Crippen MR) is 118 cm³/mol. The maximum atomic E-state index is 5.19. The quantitative estimate of drug-likeness (QED) is 0.387. The number of allylic oxidation sites excluding steroid dienone is 2. The molecule has 138 valence electrons. The van der Waals surface area contributed by atoms with Gasteiger partial charge >= 0.3 is 0 Å². The van der Waals surface area contributed by atoms with Crippen molar-refractivity contribution in [2.75, 3.05) is 7.11 Å². The molecule has 1 nitrogen and oxygen atoms in total. The van der Waals surface area contributed by atoms with Gasteiger partial charge in [0.2, 0.25) is 0 Å². The number of methoxy groups -OCH3 is 1. The minimum Gasteiger partial charge on any atom is -0.497 e. The molecule has 0 aliphatic heterocycles. The first kappa shape index (κ1) is 19.3. The Balaban J connectivity index is 1.93. The van der Waals surface area contributed by atoms with Crippen LogP contribution in [0.5, 0.6) is 5.75 Å². The lowest BCUT2D eigenvalue weighted by Crippen LogP contribution is -1.90. The molecule has 0 unspecified atom stereocenters. The SMILES string of the molecule is C=C(C#Cc1ccc(OC)cc1)C=C(c1ccc(C)cc1)c1ccc(C)cc1. The summed E-state index contributed by atoms with van der Waals surface area (Å²) in [6, 6.07) is 24.8. The van der Waals surface area contributed by atoms with Gasteiger partial charge in [-0.3, -0.25) is 0 Å². The van der Waals surface area contributed by atoms with Crippen molar-refractivity contribution in [1.29, 1.82) is 0 Å². The molecule has 0 saturated heterocycles. The number of rotatable bonds is 4. The molecular formula is C27H24O. The second-order valence-electron chi connectivity index (χ2n) is 6.79. The second kappa shape index (κ2) is 8.93. The first-order chi connectivity index (χ1) is 13.5. The van der Waals surface area contributed by atoms with Crippen LogP contribution in [0, 0.1) is 25.7 Å². The predicted octanol–water partition coefficient (Wildman–Crippen LogP) is 6.35. The summed E-state index contributed by atoms with van der Waals surface area (Å²) < 4.78 is 5.19. The van der Waals surface area contributed by atoms with E-state index >= 15 is 0 Å². The Labute approximate surface area is 168 Å². The van der Waals surface area contributed by atoms with Crippen molar-refractivity contribution in [1.82, 2.24) is 0 Å². The smallest absolute Gasteiger partial charge is 0.118 e. The highest BCUT2D eigenvalue weighted by atomic mass is 16.5. The molecule has 0 aliphatic rings. The van der Waals surface area contributed by atoms with Crippen LogP contribution in [0.25, 0.3) is 5.57 Å². The summed E-state index contributed by atoms with van der Waals surface area (Å²) in [6.45, 7) is 8.35. The van der Waals surface area contributed by atoms with Gasteiger partial charge in [-0.25, -0.2) is 0 Å². The zero-order valence-electron chi connectivity index (χ0n) is 16.6. The van der Waals surface area contributed by atoms with Crippen LogP contribution in [0.15, 0.2) is 91.0 Å². The van der Waals surface area contributed by atoms with Gasteiger partial charge in [-0.05, 0) is 60.9 Å². The average Bonchev–Trinajstić information content (AvgIpc) is 2.72. The van der Waals surface area contributed by atoms with Gasteiger partial charge in [-0.2, -0.15) is 0 Å². The first-order valence-electron chi connectivity index (χ1n) is 9.26. The standard InChI is InChI=1S/C27H24O/c1-20-6-13-24(14-7-20)27(25-15-8-21(2)9-16-25)19-22(3)5-10-23-11-17-26(28-4)18-12-23/h6-9,11-19H,3H2,1-2,4H3. The number of hydrogen-bond acceptors (Lipinski definition) is 1. The van der Waals surface area contributed by atoms with Crippen LogP contribution >= 0.6 is 0 Å². The Bertz CT molecular complexity index is 991. The van der Waals surface area contributed by atoms with Crippen LogP contribution in [-0.2, 0) is 0 Å². The van der Waals surface area contributed by atoms with Crippen LogP contribution in [0.3, 0.4) is 0 Å². The van der Waals surface area contributed by atoms with E-state index < -0.39 is 0 Å². The zero-order chi connectivity index (χ0) is 19.9. The third kappa shape index (κ3) is 5.02. The van der Waals surface area contributed by atoms with Gasteiger partial charge in [0.25, 0.3) is 0 Å². The Morgan fingerprint density at radius 1 is 0.786 bits per heavy atom. The molecular weight excluding hydrogens is 340 g/mol. The fraction of sp³-hybridized carbons (Fsp3) is 0.111. The molecule has 0 atom stereocenters. The largest absolute Gasteiger partial charge is 0.497 e. The lowest BCUT2D eigenvalue weighted by Gasteiger charge is -2.10. The van der Waals surface area contributed by atoms with Gasteiger partial charge in [-0.1, -0.05) is 78.1 Å². The summed E-state index contributed by atoms with van der Waals surface area (Å²) in [4.78, 5) is 0. The molecule has 3 rings (SSSR count). The summed E-state index contributed by atoms with van der Waals surface area (Å²) >= 11 is 0. The summed E-state index contributed by atoms with van der Waals surface area (Å²) in [5.74, 6) is 7.16. The Hall–Kier alpha value is -3.50. The normalized spacial score (nSPS) is 9.82. The van der Waals surface area contributed by atoms with Crippen LogP contribution in [0.2, 0.25) is 0 Å². The molecule has 0 N–H and O–H groups in total. The first-order valence-corrected chi connectivity index (χ1v) is 9.26. The summed E-state index contributed by atoms with van der Waals surface area (Å²) in [5, 5.41) is 0. The third-order valence-corrected chi connectivity index (χ3v) is 4.50. The van der Waals surface area contributed by atoms with Crippen LogP contribution in [0.4, 0.5) is 0 Å². The van der Waals surface area contributed by atoms with Gasteiger partial charge in [0.15, 0.2) is 0 Å². The number of benzene rings is 3. The van der Waals surface area contributed by atoms with E-state index in [2.05, 4.69) is 86.9 Å². The summed E-state index contributed by atoms with van der Waals surface area (Å²) in [5.41, 5.74) is 7.61. The molecule has 0 fully saturated rings. The number of aryl methyl sites for hydroxylation is 2.